The van der Waals surface area contributed by atoms with Gasteiger partial charge in [0.25, 0.3) is 0 Å². The van der Waals surface area contributed by atoms with Crippen molar-refractivity contribution >= 4 is 45.2 Å². The Labute approximate surface area is 110 Å². The first-order chi connectivity index (χ1) is 4.80. The first kappa shape index (κ1) is 12.6. The number of alkyl halides is 1. The van der Waals surface area contributed by atoms with Crippen LogP contribution in [0.15, 0.2) is 15.7 Å². The molecule has 3 heteroatoms. The van der Waals surface area contributed by atoms with Crippen molar-refractivity contribution in [2.24, 2.45) is 0 Å². The second-order valence-electron chi connectivity index (χ2n) is 2.24. The fourth-order valence-corrected chi connectivity index (χ4v) is 1.86. The third-order valence-corrected chi connectivity index (χ3v) is 4.85. The maximum atomic E-state index is 3.38. The minimum Gasteiger partial charge on any atom is -0.485 e. The summed E-state index contributed by atoms with van der Waals surface area (Å²) in [6.07, 6.45) is 11.3. The summed E-state index contributed by atoms with van der Waals surface area (Å²) in [5.74, 6) is 0. The van der Waals surface area contributed by atoms with Gasteiger partial charge in [0.05, 0.1) is 0 Å². The molecule has 11 heavy (non-hydrogen) atoms. The van der Waals surface area contributed by atoms with Gasteiger partial charge in [0.1, 0.15) is 0 Å². The van der Waals surface area contributed by atoms with Crippen LogP contribution in [-0.2, 0) is 21.1 Å². The van der Waals surface area contributed by atoms with Gasteiger partial charge in [-0.1, -0.05) is 63.8 Å². The summed E-state index contributed by atoms with van der Waals surface area (Å²) in [5, 5.41) is 0. The molecule has 1 aliphatic rings. The van der Waals surface area contributed by atoms with E-state index < -0.39 is 0 Å². The molecule has 1 atom stereocenters. The largest absolute Gasteiger partial charge is 0.485 e. The van der Waals surface area contributed by atoms with Crippen LogP contribution in [0.3, 0.4) is 0 Å². The van der Waals surface area contributed by atoms with Crippen LogP contribution >= 0.6 is 45.2 Å². The second-order valence-corrected chi connectivity index (χ2v) is 4.90. The molecule has 0 saturated heterocycles. The van der Waals surface area contributed by atoms with Crippen molar-refractivity contribution in [2.45, 2.75) is 23.2 Å². The van der Waals surface area contributed by atoms with Gasteiger partial charge in [-0.2, -0.15) is 10.0 Å². The monoisotopic (exact) mass is 554 g/mol. The Morgan fingerprint density at radius 3 is 2.91 bits per heavy atom. The van der Waals surface area contributed by atoms with Crippen LogP contribution in [0.1, 0.15) is 19.3 Å². The van der Waals surface area contributed by atoms with E-state index in [1.54, 1.807) is 0 Å². The van der Waals surface area contributed by atoms with Gasteiger partial charge in [0.2, 0.25) is 0 Å². The molecule has 0 aromatic rings. The van der Waals surface area contributed by atoms with E-state index >= 15 is 0 Å². The SMILES string of the molecule is IC1=[C-]CC/C=C\CC1I.[Pt]. The van der Waals surface area contributed by atoms with E-state index in [4.69, 9.17) is 0 Å². The minimum atomic E-state index is 0. The summed E-state index contributed by atoms with van der Waals surface area (Å²) in [7, 11) is 0. The number of rotatable bonds is 0. The van der Waals surface area contributed by atoms with Gasteiger partial charge >= 0.3 is 0 Å². The van der Waals surface area contributed by atoms with Crippen LogP contribution in [0.2, 0.25) is 0 Å². The first-order valence-electron chi connectivity index (χ1n) is 3.36. The standard InChI is InChI=1S/C8H9I2.Pt/c9-7-5-3-1-2-4-6-8(7)10;/h1,3,7H,2,4-5H2;/q-1;/b3-1-;. The Morgan fingerprint density at radius 1 is 1.45 bits per heavy atom. The zero-order valence-corrected chi connectivity index (χ0v) is 12.5. The number of hydrogen-bond donors (Lipinski definition) is 0. The van der Waals surface area contributed by atoms with Gasteiger partial charge in [-0.05, 0) is 6.42 Å². The van der Waals surface area contributed by atoms with Crippen LogP contribution < -0.4 is 0 Å². The average molecular weight is 554 g/mol. The summed E-state index contributed by atoms with van der Waals surface area (Å²) in [4.78, 5) is 0. The Balaban J connectivity index is 0.000001000. The van der Waals surface area contributed by atoms with Gasteiger partial charge < -0.3 is 6.08 Å². The molecule has 0 saturated carbocycles. The van der Waals surface area contributed by atoms with Crippen molar-refractivity contribution in [3.8, 4) is 0 Å². The van der Waals surface area contributed by atoms with E-state index in [1.807, 2.05) is 0 Å². The number of allylic oxidation sites excluding steroid dienone is 4. The number of hydrogen-bond acceptors (Lipinski definition) is 0. The second kappa shape index (κ2) is 7.07. The molecule has 0 aliphatic heterocycles. The first-order valence-corrected chi connectivity index (χ1v) is 5.68. The Hall–Kier alpha value is 1.63. The molecule has 0 aromatic heterocycles. The topological polar surface area (TPSA) is 0 Å². The molecule has 1 aliphatic carbocycles. The molecule has 0 radical (unpaired) electrons. The van der Waals surface area contributed by atoms with Crippen molar-refractivity contribution in [1.82, 2.24) is 0 Å². The van der Waals surface area contributed by atoms with Crippen molar-refractivity contribution < 1.29 is 21.1 Å². The van der Waals surface area contributed by atoms with E-state index in [1.165, 1.54) is 10.0 Å². The normalized spacial score (nSPS) is 27.5. The predicted molar refractivity (Wildman–Crippen MR) is 61.6 cm³/mol. The molecular formula is C8H9I2Pt-. The van der Waals surface area contributed by atoms with E-state index in [0.29, 0.717) is 3.92 Å². The van der Waals surface area contributed by atoms with E-state index in [0.717, 1.165) is 12.8 Å². The summed E-state index contributed by atoms with van der Waals surface area (Å²) in [6, 6.07) is 0. The molecule has 0 heterocycles. The summed E-state index contributed by atoms with van der Waals surface area (Å²) >= 11 is 4.86. The quantitative estimate of drug-likeness (QED) is 0.186. The fraction of sp³-hybridized carbons (Fsp3) is 0.500. The van der Waals surface area contributed by atoms with Crippen molar-refractivity contribution in [1.29, 1.82) is 0 Å². The van der Waals surface area contributed by atoms with Gasteiger partial charge in [-0.25, -0.2) is 0 Å². The van der Waals surface area contributed by atoms with Crippen LogP contribution in [-0.4, -0.2) is 3.92 Å². The predicted octanol–water partition coefficient (Wildman–Crippen LogP) is 3.65. The molecule has 0 spiro atoms. The van der Waals surface area contributed by atoms with Gasteiger partial charge in [0.15, 0.2) is 0 Å². The Bertz CT molecular complexity index is 163. The van der Waals surface area contributed by atoms with E-state index in [9.17, 15) is 0 Å². The van der Waals surface area contributed by atoms with Crippen molar-refractivity contribution in [3.63, 3.8) is 0 Å². The number of halogens is 2. The zero-order valence-electron chi connectivity index (χ0n) is 5.93. The molecule has 1 rings (SSSR count). The third kappa shape index (κ3) is 5.04. The third-order valence-electron chi connectivity index (χ3n) is 1.39. The Morgan fingerprint density at radius 2 is 2.18 bits per heavy atom. The molecule has 0 bridgehead atoms. The maximum Gasteiger partial charge on any atom is 0.0125 e. The van der Waals surface area contributed by atoms with E-state index in [-0.39, 0.29) is 21.1 Å². The minimum absolute atomic E-state index is 0. The van der Waals surface area contributed by atoms with Crippen LogP contribution in [0.5, 0.6) is 0 Å². The maximum absolute atomic E-state index is 3.38. The molecule has 0 fully saturated rings. The van der Waals surface area contributed by atoms with Gasteiger partial charge in [-0.3, -0.25) is 0 Å². The average Bonchev–Trinajstić information content (AvgIpc) is 1.92. The van der Waals surface area contributed by atoms with Crippen LogP contribution in [0, 0.1) is 6.08 Å². The smallest absolute Gasteiger partial charge is 0.0125 e. The van der Waals surface area contributed by atoms with Crippen LogP contribution in [0.25, 0.3) is 0 Å². The molecule has 1 unspecified atom stereocenters. The molecule has 0 amide bonds. The zero-order chi connectivity index (χ0) is 7.40. The molecular weight excluding hydrogens is 545 g/mol. The van der Waals surface area contributed by atoms with Gasteiger partial charge in [-0.15, -0.1) is 0 Å². The molecule has 0 N–H and O–H groups in total. The summed E-state index contributed by atoms with van der Waals surface area (Å²) < 4.78 is 2.05. The Kier molecular flexibility index (Phi) is 8.12. The van der Waals surface area contributed by atoms with E-state index in [2.05, 4.69) is 63.4 Å². The molecule has 66 valence electrons. The fourth-order valence-electron chi connectivity index (χ4n) is 0.823. The molecule has 0 nitrogen and oxygen atoms in total. The van der Waals surface area contributed by atoms with Crippen molar-refractivity contribution in [3.05, 3.63) is 21.8 Å². The summed E-state index contributed by atoms with van der Waals surface area (Å²) in [5.41, 5.74) is 0. The van der Waals surface area contributed by atoms with Gasteiger partial charge in [0, 0.05) is 25.0 Å². The summed E-state index contributed by atoms with van der Waals surface area (Å²) in [6.45, 7) is 0. The van der Waals surface area contributed by atoms with Crippen molar-refractivity contribution in [2.75, 3.05) is 0 Å². The molecule has 0 aromatic carbocycles. The van der Waals surface area contributed by atoms with Crippen LogP contribution in [0.4, 0.5) is 0 Å².